The minimum atomic E-state index is -4.55. The number of carbonyl (C=O) groups is 1. The quantitative estimate of drug-likeness (QED) is 0.791. The second kappa shape index (κ2) is 6.97. The van der Waals surface area contributed by atoms with Crippen LogP contribution in [0.2, 0.25) is 0 Å². The van der Waals surface area contributed by atoms with Crippen molar-refractivity contribution in [3.05, 3.63) is 22.8 Å². The smallest absolute Gasteiger partial charge is 0.389 e. The van der Waals surface area contributed by atoms with E-state index < -0.39 is 23.4 Å². The molecule has 0 aromatic carbocycles. The highest BCUT2D eigenvalue weighted by Crippen LogP contribution is 2.41. The number of piperidine rings is 1. The number of halogens is 3. The van der Waals surface area contributed by atoms with Crippen molar-refractivity contribution in [1.82, 2.24) is 14.9 Å². The zero-order valence-corrected chi connectivity index (χ0v) is 16.1. The molecule has 1 amide bonds. The first-order valence-corrected chi connectivity index (χ1v) is 10.1. The Morgan fingerprint density at radius 3 is 2.75 bits per heavy atom. The van der Waals surface area contributed by atoms with Crippen LogP contribution in [0.3, 0.4) is 0 Å². The third-order valence-electron chi connectivity index (χ3n) is 6.74. The summed E-state index contributed by atoms with van der Waals surface area (Å²) in [5.74, 6) is -0.378. The van der Waals surface area contributed by atoms with E-state index >= 15 is 0 Å². The van der Waals surface area contributed by atoms with Crippen LogP contribution in [0.15, 0.2) is 0 Å². The van der Waals surface area contributed by atoms with Gasteiger partial charge in [-0.05, 0) is 45.4 Å². The van der Waals surface area contributed by atoms with Gasteiger partial charge in [0.05, 0.1) is 5.60 Å². The molecule has 3 aliphatic rings. The minimum absolute atomic E-state index is 0.0364. The molecule has 1 saturated carbocycles. The van der Waals surface area contributed by atoms with Gasteiger partial charge in [0.1, 0.15) is 5.82 Å². The van der Waals surface area contributed by atoms with Crippen LogP contribution in [-0.4, -0.2) is 44.6 Å². The van der Waals surface area contributed by atoms with Gasteiger partial charge in [0.2, 0.25) is 5.91 Å². The number of hydrogen-bond donors (Lipinski definition) is 1. The molecule has 1 saturated heterocycles. The molecule has 0 spiro atoms. The summed E-state index contributed by atoms with van der Waals surface area (Å²) in [5.41, 5.74) is -1.07. The molecule has 28 heavy (non-hydrogen) atoms. The molecule has 2 heterocycles. The summed E-state index contributed by atoms with van der Waals surface area (Å²) in [6, 6.07) is 0. The summed E-state index contributed by atoms with van der Waals surface area (Å²) in [5, 5.41) is 10.8. The van der Waals surface area contributed by atoms with Crippen LogP contribution in [0.5, 0.6) is 0 Å². The fourth-order valence-electron chi connectivity index (χ4n) is 5.21. The predicted molar refractivity (Wildman–Crippen MR) is 95.4 cm³/mol. The van der Waals surface area contributed by atoms with Crippen molar-refractivity contribution in [2.75, 3.05) is 13.1 Å². The lowest BCUT2D eigenvalue weighted by molar-refractivity contribution is -0.149. The number of amides is 1. The normalized spacial score (nSPS) is 30.5. The number of aromatic nitrogens is 2. The Balaban J connectivity index is 1.52. The number of fused-ring (bicyclic) bond motifs is 2. The van der Waals surface area contributed by atoms with E-state index in [4.69, 9.17) is 0 Å². The molecule has 4 rings (SSSR count). The number of rotatable bonds is 1. The Kier molecular flexibility index (Phi) is 4.88. The number of aliphatic hydroxyl groups is 1. The number of nitrogens with zero attached hydrogens (tertiary/aromatic N) is 3. The van der Waals surface area contributed by atoms with E-state index in [-0.39, 0.29) is 29.6 Å². The highest BCUT2D eigenvalue weighted by Gasteiger charge is 2.45. The average Bonchev–Trinajstić information content (AvgIpc) is 2.65. The van der Waals surface area contributed by atoms with Crippen LogP contribution in [-0.2, 0) is 23.8 Å². The molecular weight excluding hydrogens is 371 g/mol. The third kappa shape index (κ3) is 3.51. The van der Waals surface area contributed by atoms with Gasteiger partial charge in [0, 0.05) is 36.2 Å². The second-order valence-electron chi connectivity index (χ2n) is 8.56. The first-order chi connectivity index (χ1) is 13.2. The van der Waals surface area contributed by atoms with Crippen molar-refractivity contribution >= 4 is 5.91 Å². The molecule has 8 heteroatoms. The second-order valence-corrected chi connectivity index (χ2v) is 8.56. The van der Waals surface area contributed by atoms with Gasteiger partial charge in [-0.15, -0.1) is 0 Å². The Morgan fingerprint density at radius 2 is 2.00 bits per heavy atom. The number of aryl methyl sites for hydroxylation is 2. The van der Waals surface area contributed by atoms with E-state index in [9.17, 15) is 23.1 Å². The molecule has 2 aliphatic carbocycles. The van der Waals surface area contributed by atoms with Crippen molar-refractivity contribution in [1.29, 1.82) is 0 Å². The van der Waals surface area contributed by atoms with E-state index in [0.29, 0.717) is 38.0 Å². The molecule has 2 fully saturated rings. The molecule has 154 valence electrons. The summed E-state index contributed by atoms with van der Waals surface area (Å²) in [4.78, 5) is 22.7. The fourth-order valence-corrected chi connectivity index (χ4v) is 5.21. The Morgan fingerprint density at radius 1 is 1.21 bits per heavy atom. The van der Waals surface area contributed by atoms with Gasteiger partial charge in [0.15, 0.2) is 5.69 Å². The summed E-state index contributed by atoms with van der Waals surface area (Å²) >= 11 is 0. The third-order valence-corrected chi connectivity index (χ3v) is 6.74. The van der Waals surface area contributed by atoms with Crippen LogP contribution >= 0.6 is 0 Å². The van der Waals surface area contributed by atoms with E-state index in [2.05, 4.69) is 9.97 Å². The van der Waals surface area contributed by atoms with Crippen molar-refractivity contribution in [2.24, 2.45) is 11.8 Å². The zero-order valence-electron chi connectivity index (χ0n) is 16.1. The molecular formula is C20H26F3N3O2. The van der Waals surface area contributed by atoms with Crippen molar-refractivity contribution < 1.29 is 23.1 Å². The maximum absolute atomic E-state index is 13.5. The fraction of sp³-hybridized carbons (Fsp3) is 0.750. The van der Waals surface area contributed by atoms with E-state index in [1.807, 2.05) is 0 Å². The first kappa shape index (κ1) is 19.6. The van der Waals surface area contributed by atoms with Gasteiger partial charge in [-0.1, -0.05) is 12.8 Å². The molecule has 1 aromatic heterocycles. The summed E-state index contributed by atoms with van der Waals surface area (Å²) in [6.07, 6.45) is 0.660. The summed E-state index contributed by atoms with van der Waals surface area (Å²) in [6.45, 7) is 2.45. The molecule has 1 aromatic rings. The summed E-state index contributed by atoms with van der Waals surface area (Å²) in [7, 11) is 0. The largest absolute Gasteiger partial charge is 0.433 e. The predicted octanol–water partition coefficient (Wildman–Crippen LogP) is 3.06. The molecule has 1 aliphatic heterocycles. The highest BCUT2D eigenvalue weighted by molar-refractivity contribution is 5.79. The van der Waals surface area contributed by atoms with Gasteiger partial charge in [-0.25, -0.2) is 9.97 Å². The average molecular weight is 397 g/mol. The maximum atomic E-state index is 13.5. The van der Waals surface area contributed by atoms with Crippen molar-refractivity contribution in [3.63, 3.8) is 0 Å². The van der Waals surface area contributed by atoms with Crippen molar-refractivity contribution in [3.8, 4) is 0 Å². The minimum Gasteiger partial charge on any atom is -0.389 e. The molecule has 0 unspecified atom stereocenters. The number of carbonyl (C=O) groups excluding carboxylic acids is 1. The van der Waals surface area contributed by atoms with Crippen molar-refractivity contribution in [2.45, 2.75) is 70.1 Å². The van der Waals surface area contributed by atoms with Crippen LogP contribution in [0.4, 0.5) is 13.2 Å². The van der Waals surface area contributed by atoms with Gasteiger partial charge < -0.3 is 10.0 Å². The number of likely N-dealkylation sites (tertiary alicyclic amines) is 1. The SMILES string of the molecule is Cc1nc2c(c(C(F)(F)F)n1)C[C@H](C(=O)N1CC[C@]3(O)CCCC[C@H]3C1)CC2. The Bertz CT molecular complexity index is 783. The van der Waals surface area contributed by atoms with Crippen LogP contribution in [0.25, 0.3) is 0 Å². The lowest BCUT2D eigenvalue weighted by atomic mass is 9.71. The van der Waals surface area contributed by atoms with Gasteiger partial charge >= 0.3 is 6.18 Å². The molecule has 5 nitrogen and oxygen atoms in total. The van der Waals surface area contributed by atoms with E-state index in [0.717, 1.165) is 25.7 Å². The standard InChI is InChI=1S/C20H26F3N3O2/c1-12-24-16-6-5-13(10-15(16)17(25-12)20(21,22)23)18(27)26-9-8-19(28)7-3-2-4-14(19)11-26/h13-14,28H,2-11H2,1H3/t13-,14+,19-/m1/s1. The van der Waals surface area contributed by atoms with Gasteiger partial charge in [-0.2, -0.15) is 13.2 Å². The van der Waals surface area contributed by atoms with E-state index in [1.54, 1.807) is 4.90 Å². The lowest BCUT2D eigenvalue weighted by Crippen LogP contribution is -2.55. The van der Waals surface area contributed by atoms with Gasteiger partial charge in [-0.3, -0.25) is 4.79 Å². The first-order valence-electron chi connectivity index (χ1n) is 10.1. The topological polar surface area (TPSA) is 66.3 Å². The number of alkyl halides is 3. The lowest BCUT2D eigenvalue weighted by Gasteiger charge is -2.48. The molecule has 1 N–H and O–H groups in total. The van der Waals surface area contributed by atoms with Gasteiger partial charge in [0.25, 0.3) is 0 Å². The number of hydrogen-bond acceptors (Lipinski definition) is 4. The van der Waals surface area contributed by atoms with E-state index in [1.165, 1.54) is 6.92 Å². The maximum Gasteiger partial charge on any atom is 0.433 e. The van der Waals surface area contributed by atoms with Crippen LogP contribution < -0.4 is 0 Å². The molecule has 3 atom stereocenters. The summed E-state index contributed by atoms with van der Waals surface area (Å²) < 4.78 is 40.4. The highest BCUT2D eigenvalue weighted by atomic mass is 19.4. The molecule has 0 bridgehead atoms. The zero-order chi connectivity index (χ0) is 20.1. The Labute approximate surface area is 162 Å². The monoisotopic (exact) mass is 397 g/mol. The van der Waals surface area contributed by atoms with Crippen LogP contribution in [0.1, 0.15) is 61.3 Å². The molecule has 0 radical (unpaired) electrons. The Hall–Kier alpha value is -1.70. The van der Waals surface area contributed by atoms with Crippen LogP contribution in [0, 0.1) is 18.8 Å².